The van der Waals surface area contributed by atoms with Crippen molar-refractivity contribution in [2.75, 3.05) is 24.7 Å². The van der Waals surface area contributed by atoms with Crippen LogP contribution in [0.2, 0.25) is 0 Å². The smallest absolute Gasteiger partial charge is 0.368 e. The number of carbonyl (C=O) groups is 1. The number of nitrogens with zero attached hydrogens (tertiary/aromatic N) is 2. The van der Waals surface area contributed by atoms with E-state index < -0.39 is 5.97 Å². The number of benzene rings is 2. The van der Waals surface area contributed by atoms with E-state index in [1.54, 1.807) is 18.2 Å². The van der Waals surface area contributed by atoms with Gasteiger partial charge in [0.05, 0.1) is 5.57 Å². The van der Waals surface area contributed by atoms with Gasteiger partial charge in [0, 0.05) is 31.0 Å². The summed E-state index contributed by atoms with van der Waals surface area (Å²) in [5.74, 6) is -0.459. The summed E-state index contributed by atoms with van der Waals surface area (Å²) in [5.41, 5.74) is 10.2. The van der Waals surface area contributed by atoms with Crippen LogP contribution >= 0.6 is 0 Å². The molecule has 1 aliphatic heterocycles. The maximum absolute atomic E-state index is 11.9. The predicted octanol–water partition coefficient (Wildman–Crippen LogP) is 3.24. The molecule has 0 amide bonds. The van der Waals surface area contributed by atoms with Gasteiger partial charge >= 0.3 is 5.97 Å². The fourth-order valence-corrected chi connectivity index (χ4v) is 2.42. The van der Waals surface area contributed by atoms with Crippen LogP contribution in [0.5, 0.6) is 0 Å². The Morgan fingerprint density at radius 2 is 1.72 bits per heavy atom. The highest BCUT2D eigenvalue weighted by Crippen LogP contribution is 2.19. The number of allylic oxidation sites excluding steroid dienone is 2. The Morgan fingerprint density at radius 3 is 2.36 bits per heavy atom. The van der Waals surface area contributed by atoms with Gasteiger partial charge in [0.25, 0.3) is 0 Å². The third kappa shape index (κ3) is 3.77. The fourth-order valence-electron chi connectivity index (χ4n) is 2.42. The Morgan fingerprint density at radius 1 is 1.04 bits per heavy atom. The lowest BCUT2D eigenvalue weighted by atomic mass is 10.0. The monoisotopic (exact) mass is 333 g/mol. The number of nitrogen functional groups attached to an aromatic ring is 1. The number of rotatable bonds is 4. The number of carbonyl (C=O) groups excluding carboxylic acids is 1. The number of hydrogen-bond acceptors (Lipinski definition) is 5. The zero-order valence-electron chi connectivity index (χ0n) is 14.1. The number of hydrogen-bond donors (Lipinski definition) is 1. The van der Waals surface area contributed by atoms with Crippen molar-refractivity contribution in [2.45, 2.75) is 0 Å². The molecule has 0 unspecified atom stereocenters. The van der Waals surface area contributed by atoms with Gasteiger partial charge < -0.3 is 15.5 Å². The summed E-state index contributed by atoms with van der Waals surface area (Å²) in [6, 6.07) is 15.3. The lowest BCUT2D eigenvalue weighted by Gasteiger charge is -2.11. The quantitative estimate of drug-likeness (QED) is 0.530. The minimum absolute atomic E-state index is 0.422. The summed E-state index contributed by atoms with van der Waals surface area (Å²) in [6.07, 6.45) is 5.46. The van der Waals surface area contributed by atoms with E-state index >= 15 is 0 Å². The SMILES string of the molecule is CN(C)c1ccc(C=CC=C2C(=O)ON=C2c2ccc(N)cc2)cc1. The van der Waals surface area contributed by atoms with Gasteiger partial charge in [-0.05, 0) is 35.9 Å². The van der Waals surface area contributed by atoms with Gasteiger partial charge in [-0.1, -0.05) is 41.6 Å². The standard InChI is InChI=1S/C20H19N3O2/c1-23(2)17-12-6-14(7-13-17)4-3-5-18-19(22-25-20(18)24)15-8-10-16(21)11-9-15/h3-13H,21H2,1-2H3. The molecule has 0 fully saturated rings. The van der Waals surface area contributed by atoms with Crippen LogP contribution in [-0.2, 0) is 9.63 Å². The fraction of sp³-hybridized carbons (Fsp3) is 0.100. The first kappa shape index (κ1) is 16.5. The second-order valence-electron chi connectivity index (χ2n) is 5.87. The second-order valence-corrected chi connectivity index (χ2v) is 5.87. The molecule has 0 aromatic heterocycles. The van der Waals surface area contributed by atoms with Crippen LogP contribution in [0, 0.1) is 0 Å². The summed E-state index contributed by atoms with van der Waals surface area (Å²) < 4.78 is 0. The molecular weight excluding hydrogens is 314 g/mol. The molecule has 126 valence electrons. The Hall–Kier alpha value is -3.34. The molecule has 2 N–H and O–H groups in total. The molecule has 0 aliphatic carbocycles. The summed E-state index contributed by atoms with van der Waals surface area (Å²) in [5, 5.41) is 3.87. The molecule has 25 heavy (non-hydrogen) atoms. The molecule has 0 radical (unpaired) electrons. The molecule has 0 saturated carbocycles. The molecule has 0 bridgehead atoms. The van der Waals surface area contributed by atoms with Crippen LogP contribution in [0.1, 0.15) is 11.1 Å². The van der Waals surface area contributed by atoms with Crippen molar-refractivity contribution in [1.82, 2.24) is 0 Å². The molecule has 1 heterocycles. The van der Waals surface area contributed by atoms with E-state index in [-0.39, 0.29) is 0 Å². The maximum atomic E-state index is 11.9. The van der Waals surface area contributed by atoms with Gasteiger partial charge in [-0.15, -0.1) is 0 Å². The van der Waals surface area contributed by atoms with Gasteiger partial charge in [-0.25, -0.2) is 4.79 Å². The normalized spacial score (nSPS) is 15.5. The molecule has 0 saturated heterocycles. The van der Waals surface area contributed by atoms with Crippen molar-refractivity contribution in [3.8, 4) is 0 Å². The van der Waals surface area contributed by atoms with E-state index in [0.29, 0.717) is 17.0 Å². The Bertz CT molecular complexity index is 861. The number of nitrogens with two attached hydrogens (primary N) is 1. The molecule has 0 spiro atoms. The Balaban J connectivity index is 1.80. The minimum Gasteiger partial charge on any atom is -0.399 e. The third-order valence-electron chi connectivity index (χ3n) is 3.84. The van der Waals surface area contributed by atoms with E-state index in [1.165, 1.54) is 0 Å². The summed E-state index contributed by atoms with van der Waals surface area (Å²) >= 11 is 0. The summed E-state index contributed by atoms with van der Waals surface area (Å²) in [6.45, 7) is 0. The molecule has 2 aromatic rings. The molecule has 5 nitrogen and oxygen atoms in total. The van der Waals surface area contributed by atoms with Gasteiger partial charge in [-0.3, -0.25) is 0 Å². The molecule has 0 atom stereocenters. The van der Waals surface area contributed by atoms with Crippen LogP contribution in [0.25, 0.3) is 6.08 Å². The summed E-state index contributed by atoms with van der Waals surface area (Å²) in [7, 11) is 4.00. The van der Waals surface area contributed by atoms with Crippen LogP contribution in [0.3, 0.4) is 0 Å². The van der Waals surface area contributed by atoms with Crippen LogP contribution in [-0.4, -0.2) is 25.8 Å². The predicted molar refractivity (Wildman–Crippen MR) is 101 cm³/mol. The first-order valence-corrected chi connectivity index (χ1v) is 7.86. The van der Waals surface area contributed by atoms with Gasteiger partial charge in [0.15, 0.2) is 0 Å². The molecule has 2 aromatic carbocycles. The average molecular weight is 333 g/mol. The van der Waals surface area contributed by atoms with Crippen molar-refractivity contribution in [2.24, 2.45) is 5.16 Å². The van der Waals surface area contributed by atoms with Crippen molar-refractivity contribution in [3.63, 3.8) is 0 Å². The Kier molecular flexibility index (Phi) is 4.66. The van der Waals surface area contributed by atoms with E-state index in [0.717, 1.165) is 16.8 Å². The van der Waals surface area contributed by atoms with Crippen molar-refractivity contribution in [1.29, 1.82) is 0 Å². The minimum atomic E-state index is -0.459. The van der Waals surface area contributed by atoms with Crippen LogP contribution < -0.4 is 10.6 Å². The van der Waals surface area contributed by atoms with Crippen LogP contribution in [0.15, 0.2) is 71.4 Å². The lowest BCUT2D eigenvalue weighted by molar-refractivity contribution is -0.136. The van der Waals surface area contributed by atoms with Gasteiger partial charge in [0.1, 0.15) is 5.71 Å². The van der Waals surface area contributed by atoms with E-state index in [9.17, 15) is 4.79 Å². The molecule has 5 heteroatoms. The zero-order valence-corrected chi connectivity index (χ0v) is 14.1. The van der Waals surface area contributed by atoms with Crippen LogP contribution in [0.4, 0.5) is 11.4 Å². The lowest BCUT2D eigenvalue weighted by Crippen LogP contribution is -2.07. The number of oxime groups is 1. The van der Waals surface area contributed by atoms with E-state index in [2.05, 4.69) is 5.16 Å². The van der Waals surface area contributed by atoms with Crippen molar-refractivity contribution < 1.29 is 9.63 Å². The topological polar surface area (TPSA) is 67.9 Å². The van der Waals surface area contributed by atoms with Crippen molar-refractivity contribution in [3.05, 3.63) is 77.4 Å². The summed E-state index contributed by atoms with van der Waals surface area (Å²) in [4.78, 5) is 18.8. The van der Waals surface area contributed by atoms with E-state index in [4.69, 9.17) is 10.6 Å². The first-order valence-electron chi connectivity index (χ1n) is 7.86. The highest BCUT2D eigenvalue weighted by Gasteiger charge is 2.25. The first-order chi connectivity index (χ1) is 12.0. The molecule has 3 rings (SSSR count). The molecule has 1 aliphatic rings. The van der Waals surface area contributed by atoms with Gasteiger partial charge in [0.2, 0.25) is 0 Å². The molecular formula is C20H19N3O2. The second kappa shape index (κ2) is 7.05. The van der Waals surface area contributed by atoms with Crippen molar-refractivity contribution >= 4 is 29.1 Å². The number of anilines is 2. The highest BCUT2D eigenvalue weighted by molar-refractivity contribution is 6.29. The Labute approximate surface area is 146 Å². The zero-order chi connectivity index (χ0) is 17.8. The van der Waals surface area contributed by atoms with E-state index in [1.807, 2.05) is 67.5 Å². The maximum Gasteiger partial charge on any atom is 0.368 e. The van der Waals surface area contributed by atoms with Gasteiger partial charge in [-0.2, -0.15) is 0 Å². The largest absolute Gasteiger partial charge is 0.399 e. The average Bonchev–Trinajstić information content (AvgIpc) is 2.97. The highest BCUT2D eigenvalue weighted by atomic mass is 16.7. The third-order valence-corrected chi connectivity index (χ3v) is 3.84.